The van der Waals surface area contributed by atoms with Crippen molar-refractivity contribution in [2.45, 2.75) is 26.8 Å². The van der Waals surface area contributed by atoms with Crippen LogP contribution in [0.5, 0.6) is 0 Å². The number of nitrogens with zero attached hydrogens (tertiary/aromatic N) is 1. The standard InChI is InChI=1S/C12H18N2O2S/c1-8(2)14(7-12(13)16)6-10(15)11-5-4-9(3)17-11/h4-5,8H,6-7H2,1-3H3,(H2,13,16). The number of nitrogens with two attached hydrogens (primary N) is 1. The Kier molecular flexibility index (Phi) is 4.84. The van der Waals surface area contributed by atoms with Gasteiger partial charge in [0.25, 0.3) is 0 Å². The molecular weight excluding hydrogens is 236 g/mol. The molecule has 1 aromatic heterocycles. The lowest BCUT2D eigenvalue weighted by atomic mass is 10.2. The van der Waals surface area contributed by atoms with E-state index in [4.69, 9.17) is 5.73 Å². The van der Waals surface area contributed by atoms with E-state index < -0.39 is 5.91 Å². The molecule has 0 aliphatic heterocycles. The minimum Gasteiger partial charge on any atom is -0.369 e. The van der Waals surface area contributed by atoms with Crippen LogP contribution >= 0.6 is 11.3 Å². The summed E-state index contributed by atoms with van der Waals surface area (Å²) in [6.07, 6.45) is 0. The number of hydrogen-bond donors (Lipinski definition) is 1. The fourth-order valence-corrected chi connectivity index (χ4v) is 2.27. The number of Topliss-reactive ketones (excluding diaryl/α,β-unsaturated/α-hetero) is 1. The number of aryl methyl sites for hydroxylation is 1. The van der Waals surface area contributed by atoms with E-state index in [1.807, 2.05) is 32.9 Å². The van der Waals surface area contributed by atoms with Crippen LogP contribution in [0.15, 0.2) is 12.1 Å². The fourth-order valence-electron chi connectivity index (χ4n) is 1.47. The maximum Gasteiger partial charge on any atom is 0.231 e. The Bertz CT molecular complexity index is 412. The first-order valence-corrected chi connectivity index (χ1v) is 6.33. The fraction of sp³-hybridized carbons (Fsp3) is 0.500. The number of hydrogen-bond acceptors (Lipinski definition) is 4. The van der Waals surface area contributed by atoms with Gasteiger partial charge in [0.15, 0.2) is 5.78 Å². The Morgan fingerprint density at radius 3 is 2.41 bits per heavy atom. The third-order valence-corrected chi connectivity index (χ3v) is 3.49. The van der Waals surface area contributed by atoms with Crippen molar-refractivity contribution in [1.29, 1.82) is 0 Å². The summed E-state index contributed by atoms with van der Waals surface area (Å²) in [6.45, 7) is 6.20. The number of amides is 1. The monoisotopic (exact) mass is 254 g/mol. The van der Waals surface area contributed by atoms with E-state index in [2.05, 4.69) is 0 Å². The molecule has 17 heavy (non-hydrogen) atoms. The predicted molar refractivity (Wildman–Crippen MR) is 69.3 cm³/mol. The van der Waals surface area contributed by atoms with Gasteiger partial charge in [-0.3, -0.25) is 14.5 Å². The van der Waals surface area contributed by atoms with Crippen LogP contribution in [0.3, 0.4) is 0 Å². The Morgan fingerprint density at radius 1 is 1.35 bits per heavy atom. The van der Waals surface area contributed by atoms with E-state index in [0.29, 0.717) is 0 Å². The zero-order valence-corrected chi connectivity index (χ0v) is 11.2. The van der Waals surface area contributed by atoms with Crippen LogP contribution in [0.4, 0.5) is 0 Å². The molecule has 5 heteroatoms. The molecule has 0 fully saturated rings. The molecule has 0 saturated carbocycles. The average molecular weight is 254 g/mol. The summed E-state index contributed by atoms with van der Waals surface area (Å²) >= 11 is 1.48. The Labute approximate surface area is 105 Å². The van der Waals surface area contributed by atoms with Crippen molar-refractivity contribution in [3.05, 3.63) is 21.9 Å². The maximum absolute atomic E-state index is 12.0. The topological polar surface area (TPSA) is 63.4 Å². The van der Waals surface area contributed by atoms with Gasteiger partial charge in [-0.05, 0) is 32.9 Å². The number of carbonyl (C=O) groups is 2. The van der Waals surface area contributed by atoms with Gasteiger partial charge >= 0.3 is 0 Å². The smallest absolute Gasteiger partial charge is 0.231 e. The van der Waals surface area contributed by atoms with Gasteiger partial charge in [0.05, 0.1) is 18.0 Å². The third kappa shape index (κ3) is 4.28. The molecule has 0 unspecified atom stereocenters. The molecular formula is C12H18N2O2S. The zero-order chi connectivity index (χ0) is 13.0. The van der Waals surface area contributed by atoms with Crippen molar-refractivity contribution >= 4 is 23.0 Å². The normalized spacial score (nSPS) is 11.1. The first-order chi connectivity index (χ1) is 7.90. The summed E-state index contributed by atoms with van der Waals surface area (Å²) in [4.78, 5) is 26.5. The quantitative estimate of drug-likeness (QED) is 0.781. The lowest BCUT2D eigenvalue weighted by molar-refractivity contribution is -0.119. The van der Waals surface area contributed by atoms with E-state index in [9.17, 15) is 9.59 Å². The third-order valence-electron chi connectivity index (χ3n) is 2.45. The highest BCUT2D eigenvalue weighted by Gasteiger charge is 2.17. The number of primary amides is 1. The van der Waals surface area contributed by atoms with Gasteiger partial charge in [0, 0.05) is 10.9 Å². The van der Waals surface area contributed by atoms with E-state index in [1.165, 1.54) is 11.3 Å². The molecule has 0 aromatic carbocycles. The number of ketones is 1. The van der Waals surface area contributed by atoms with Crippen molar-refractivity contribution in [3.63, 3.8) is 0 Å². The molecule has 0 saturated heterocycles. The molecule has 1 rings (SSSR count). The first kappa shape index (κ1) is 13.9. The van der Waals surface area contributed by atoms with Gasteiger partial charge in [-0.15, -0.1) is 11.3 Å². The Balaban J connectivity index is 2.67. The second-order valence-corrected chi connectivity index (χ2v) is 5.59. The van der Waals surface area contributed by atoms with Gasteiger partial charge in [0.1, 0.15) is 0 Å². The van der Waals surface area contributed by atoms with Crippen molar-refractivity contribution < 1.29 is 9.59 Å². The van der Waals surface area contributed by atoms with Crippen molar-refractivity contribution in [2.24, 2.45) is 5.73 Å². The molecule has 94 valence electrons. The first-order valence-electron chi connectivity index (χ1n) is 5.52. The summed E-state index contributed by atoms with van der Waals surface area (Å²) in [7, 11) is 0. The summed E-state index contributed by atoms with van der Waals surface area (Å²) in [5, 5.41) is 0. The van der Waals surface area contributed by atoms with E-state index in [-0.39, 0.29) is 24.9 Å². The molecule has 0 aliphatic rings. The molecule has 4 nitrogen and oxygen atoms in total. The summed E-state index contributed by atoms with van der Waals surface area (Å²) in [6, 6.07) is 3.86. The van der Waals surface area contributed by atoms with Gasteiger partial charge in [0.2, 0.25) is 5.91 Å². The molecule has 1 heterocycles. The number of rotatable bonds is 6. The van der Waals surface area contributed by atoms with E-state index in [1.54, 1.807) is 4.90 Å². The molecule has 2 N–H and O–H groups in total. The van der Waals surface area contributed by atoms with Crippen LogP contribution in [0.2, 0.25) is 0 Å². The van der Waals surface area contributed by atoms with Gasteiger partial charge in [-0.1, -0.05) is 0 Å². The Morgan fingerprint density at radius 2 is 2.00 bits per heavy atom. The molecule has 0 bridgehead atoms. The van der Waals surface area contributed by atoms with Crippen molar-refractivity contribution in [3.8, 4) is 0 Å². The second-order valence-electron chi connectivity index (χ2n) is 4.30. The largest absolute Gasteiger partial charge is 0.369 e. The average Bonchev–Trinajstić information content (AvgIpc) is 2.63. The lowest BCUT2D eigenvalue weighted by Gasteiger charge is -2.23. The molecule has 0 atom stereocenters. The molecule has 0 radical (unpaired) electrons. The van der Waals surface area contributed by atoms with Gasteiger partial charge in [-0.2, -0.15) is 0 Å². The van der Waals surface area contributed by atoms with Gasteiger partial charge in [-0.25, -0.2) is 0 Å². The highest BCUT2D eigenvalue weighted by atomic mass is 32.1. The van der Waals surface area contributed by atoms with E-state index in [0.717, 1.165) is 9.75 Å². The van der Waals surface area contributed by atoms with Crippen LogP contribution in [-0.4, -0.2) is 35.7 Å². The molecule has 0 spiro atoms. The van der Waals surface area contributed by atoms with Crippen molar-refractivity contribution in [1.82, 2.24) is 4.90 Å². The second kappa shape index (κ2) is 5.93. The van der Waals surface area contributed by atoms with Crippen LogP contribution in [-0.2, 0) is 4.79 Å². The molecule has 1 aromatic rings. The Hall–Kier alpha value is -1.20. The summed E-state index contributed by atoms with van der Waals surface area (Å²) in [5.74, 6) is -0.369. The molecule has 1 amide bonds. The zero-order valence-electron chi connectivity index (χ0n) is 10.4. The lowest BCUT2D eigenvalue weighted by Crippen LogP contribution is -2.41. The minimum atomic E-state index is -0.408. The predicted octanol–water partition coefficient (Wildman–Crippen LogP) is 1.43. The molecule has 0 aliphatic carbocycles. The highest BCUT2D eigenvalue weighted by molar-refractivity contribution is 7.14. The van der Waals surface area contributed by atoms with Crippen LogP contribution < -0.4 is 5.73 Å². The summed E-state index contributed by atoms with van der Waals surface area (Å²) < 4.78 is 0. The number of carbonyl (C=O) groups excluding carboxylic acids is 2. The highest BCUT2D eigenvalue weighted by Crippen LogP contribution is 2.16. The minimum absolute atomic E-state index is 0.0399. The number of thiophene rings is 1. The van der Waals surface area contributed by atoms with Crippen LogP contribution in [0.1, 0.15) is 28.4 Å². The van der Waals surface area contributed by atoms with Gasteiger partial charge < -0.3 is 5.73 Å². The van der Waals surface area contributed by atoms with Crippen LogP contribution in [0, 0.1) is 6.92 Å². The van der Waals surface area contributed by atoms with Crippen LogP contribution in [0.25, 0.3) is 0 Å². The maximum atomic E-state index is 12.0. The SMILES string of the molecule is Cc1ccc(C(=O)CN(CC(N)=O)C(C)C)s1. The summed E-state index contributed by atoms with van der Waals surface area (Å²) in [5.41, 5.74) is 5.16. The van der Waals surface area contributed by atoms with E-state index >= 15 is 0 Å². The van der Waals surface area contributed by atoms with Crippen molar-refractivity contribution in [2.75, 3.05) is 13.1 Å².